The molecular formula is C24H23N3O2. The van der Waals surface area contributed by atoms with Gasteiger partial charge >= 0.3 is 0 Å². The zero-order valence-electron chi connectivity index (χ0n) is 16.1. The fourth-order valence-corrected chi connectivity index (χ4v) is 2.88. The molecule has 0 radical (unpaired) electrons. The lowest BCUT2D eigenvalue weighted by atomic mass is 10.0. The van der Waals surface area contributed by atoms with Crippen LogP contribution in [0.2, 0.25) is 0 Å². The molecule has 1 amide bonds. The Hall–Kier alpha value is -3.86. The number of amides is 1. The number of nitrogens with two attached hydrogens (primary N) is 1. The number of ketones is 1. The lowest BCUT2D eigenvalue weighted by Gasteiger charge is -2.17. The van der Waals surface area contributed by atoms with E-state index in [2.05, 4.69) is 10.6 Å². The first-order chi connectivity index (χ1) is 14.0. The summed E-state index contributed by atoms with van der Waals surface area (Å²) in [5.41, 5.74) is 9.52. The number of nitrogens with one attached hydrogen (secondary N) is 2. The summed E-state index contributed by atoms with van der Waals surface area (Å²) in [6.45, 7) is 1.56. The summed E-state index contributed by atoms with van der Waals surface area (Å²) in [5, 5.41) is 6.00. The van der Waals surface area contributed by atoms with E-state index >= 15 is 0 Å². The van der Waals surface area contributed by atoms with E-state index in [1.807, 2.05) is 66.7 Å². The molecule has 5 heteroatoms. The summed E-state index contributed by atoms with van der Waals surface area (Å²) in [6.07, 6.45) is 3.16. The first-order valence-corrected chi connectivity index (χ1v) is 9.28. The van der Waals surface area contributed by atoms with Crippen molar-refractivity contribution < 1.29 is 9.59 Å². The van der Waals surface area contributed by atoms with E-state index in [-0.39, 0.29) is 11.7 Å². The molecule has 29 heavy (non-hydrogen) atoms. The maximum Gasteiger partial charge on any atom is 0.248 e. The zero-order chi connectivity index (χ0) is 20.6. The molecule has 0 heterocycles. The van der Waals surface area contributed by atoms with Crippen LogP contribution in [0.5, 0.6) is 0 Å². The molecular weight excluding hydrogens is 362 g/mol. The maximum atomic E-state index is 12.1. The van der Waals surface area contributed by atoms with Crippen molar-refractivity contribution in [2.45, 2.75) is 13.0 Å². The number of hydrogen-bond donors (Lipinski definition) is 3. The molecule has 5 nitrogen and oxygen atoms in total. The molecule has 0 saturated heterocycles. The average molecular weight is 385 g/mol. The third kappa shape index (κ3) is 5.56. The van der Waals surface area contributed by atoms with Crippen LogP contribution in [0.4, 0.5) is 17.1 Å². The van der Waals surface area contributed by atoms with Gasteiger partial charge in [0.05, 0.1) is 11.4 Å². The Morgan fingerprint density at radius 2 is 1.55 bits per heavy atom. The summed E-state index contributed by atoms with van der Waals surface area (Å²) in [7, 11) is 0. The second-order valence-electron chi connectivity index (χ2n) is 6.63. The van der Waals surface area contributed by atoms with Crippen LogP contribution in [0.3, 0.4) is 0 Å². The van der Waals surface area contributed by atoms with Gasteiger partial charge in [0.15, 0.2) is 5.78 Å². The Morgan fingerprint density at radius 3 is 2.21 bits per heavy atom. The molecule has 0 saturated carbocycles. The molecule has 3 rings (SSSR count). The van der Waals surface area contributed by atoms with Gasteiger partial charge < -0.3 is 16.4 Å². The van der Waals surface area contributed by atoms with E-state index in [0.717, 1.165) is 16.8 Å². The van der Waals surface area contributed by atoms with Gasteiger partial charge in [0.25, 0.3) is 0 Å². The van der Waals surface area contributed by atoms with Crippen LogP contribution >= 0.6 is 0 Å². The number of carbonyl (C=O) groups excluding carboxylic acids is 2. The van der Waals surface area contributed by atoms with Gasteiger partial charge in [-0.05, 0) is 48.4 Å². The quantitative estimate of drug-likeness (QED) is 0.408. The van der Waals surface area contributed by atoms with Crippen LogP contribution in [-0.2, 0) is 9.59 Å². The zero-order valence-corrected chi connectivity index (χ0v) is 16.1. The third-order valence-corrected chi connectivity index (χ3v) is 4.41. The van der Waals surface area contributed by atoms with Crippen molar-refractivity contribution in [1.29, 1.82) is 0 Å². The minimum absolute atomic E-state index is 0.0250. The molecule has 1 unspecified atom stereocenters. The number of anilines is 3. The van der Waals surface area contributed by atoms with E-state index in [9.17, 15) is 9.59 Å². The predicted molar refractivity (Wildman–Crippen MR) is 118 cm³/mol. The van der Waals surface area contributed by atoms with Gasteiger partial charge in [-0.25, -0.2) is 0 Å². The molecule has 0 aromatic heterocycles. The van der Waals surface area contributed by atoms with Gasteiger partial charge in [-0.3, -0.25) is 9.59 Å². The van der Waals surface area contributed by atoms with Crippen molar-refractivity contribution >= 4 is 34.8 Å². The summed E-state index contributed by atoms with van der Waals surface area (Å²) in [5.74, 6) is -0.240. The number of benzene rings is 3. The minimum Gasteiger partial charge on any atom is -0.397 e. The van der Waals surface area contributed by atoms with Gasteiger partial charge in [0, 0.05) is 11.8 Å². The molecule has 0 aliphatic rings. The van der Waals surface area contributed by atoms with Gasteiger partial charge in [-0.2, -0.15) is 0 Å². The smallest absolute Gasteiger partial charge is 0.248 e. The number of Topliss-reactive ketones (excluding diaryl/α,β-unsaturated/α-hetero) is 1. The Morgan fingerprint density at radius 1 is 0.897 bits per heavy atom. The van der Waals surface area contributed by atoms with Gasteiger partial charge in [0.2, 0.25) is 5.91 Å². The SMILES string of the molecule is CC(=O)C(Nc1ccccc1)c1ccc(/C=C/C(=O)Nc2ccccc2N)cc1. The van der Waals surface area contributed by atoms with E-state index in [0.29, 0.717) is 11.4 Å². The Kier molecular flexibility index (Phi) is 6.43. The van der Waals surface area contributed by atoms with Crippen LogP contribution in [-0.4, -0.2) is 11.7 Å². The molecule has 0 fully saturated rings. The molecule has 0 bridgehead atoms. The van der Waals surface area contributed by atoms with Crippen LogP contribution < -0.4 is 16.4 Å². The number of rotatable bonds is 7. The summed E-state index contributed by atoms with van der Waals surface area (Å²) < 4.78 is 0. The molecule has 146 valence electrons. The predicted octanol–water partition coefficient (Wildman–Crippen LogP) is 4.66. The van der Waals surface area contributed by atoms with Gasteiger partial charge in [0.1, 0.15) is 6.04 Å². The van der Waals surface area contributed by atoms with Crippen molar-refractivity contribution in [3.8, 4) is 0 Å². The number of carbonyl (C=O) groups is 2. The van der Waals surface area contributed by atoms with E-state index in [4.69, 9.17) is 5.73 Å². The second kappa shape index (κ2) is 9.37. The molecule has 0 aliphatic carbocycles. The van der Waals surface area contributed by atoms with Crippen LogP contribution in [0.1, 0.15) is 24.1 Å². The number of nitrogen functional groups attached to an aromatic ring is 1. The average Bonchev–Trinajstić information content (AvgIpc) is 2.73. The molecule has 1 atom stereocenters. The summed E-state index contributed by atoms with van der Waals surface area (Å²) in [4.78, 5) is 24.2. The largest absolute Gasteiger partial charge is 0.397 e. The standard InChI is InChI=1S/C24H23N3O2/c1-17(28)24(26-20-7-3-2-4-8-20)19-14-11-18(12-15-19)13-16-23(29)27-22-10-6-5-9-21(22)25/h2-16,24,26H,25H2,1H3,(H,27,29)/b16-13+. The highest BCUT2D eigenvalue weighted by molar-refractivity contribution is 6.03. The Bertz CT molecular complexity index is 1010. The lowest BCUT2D eigenvalue weighted by molar-refractivity contribution is -0.117. The highest BCUT2D eigenvalue weighted by Gasteiger charge is 2.16. The Labute approximate surface area is 170 Å². The lowest BCUT2D eigenvalue weighted by Crippen LogP contribution is -2.18. The van der Waals surface area contributed by atoms with Crippen LogP contribution in [0.15, 0.2) is 84.9 Å². The first kappa shape index (κ1) is 19.9. The van der Waals surface area contributed by atoms with E-state index in [1.165, 1.54) is 6.08 Å². The molecule has 4 N–H and O–H groups in total. The second-order valence-corrected chi connectivity index (χ2v) is 6.63. The number of hydrogen-bond acceptors (Lipinski definition) is 4. The van der Waals surface area contributed by atoms with Crippen LogP contribution in [0.25, 0.3) is 6.08 Å². The van der Waals surface area contributed by atoms with Crippen molar-refractivity contribution in [1.82, 2.24) is 0 Å². The highest BCUT2D eigenvalue weighted by atomic mass is 16.1. The maximum absolute atomic E-state index is 12.1. The van der Waals surface area contributed by atoms with Crippen molar-refractivity contribution in [3.63, 3.8) is 0 Å². The summed E-state index contributed by atoms with van der Waals surface area (Å²) >= 11 is 0. The van der Waals surface area contributed by atoms with Gasteiger partial charge in [-0.1, -0.05) is 54.6 Å². The fourth-order valence-electron chi connectivity index (χ4n) is 2.88. The van der Waals surface area contributed by atoms with Crippen LogP contribution in [0, 0.1) is 0 Å². The minimum atomic E-state index is -0.431. The van der Waals surface area contributed by atoms with Crippen molar-refractivity contribution in [3.05, 3.63) is 96.1 Å². The summed E-state index contributed by atoms with van der Waals surface area (Å²) in [6, 6.07) is 23.8. The van der Waals surface area contributed by atoms with E-state index in [1.54, 1.807) is 25.1 Å². The van der Waals surface area contributed by atoms with Crippen molar-refractivity contribution in [2.75, 3.05) is 16.4 Å². The number of para-hydroxylation sites is 3. The van der Waals surface area contributed by atoms with E-state index < -0.39 is 6.04 Å². The Balaban J connectivity index is 1.67. The van der Waals surface area contributed by atoms with Gasteiger partial charge in [-0.15, -0.1) is 0 Å². The van der Waals surface area contributed by atoms with Crippen molar-refractivity contribution in [2.24, 2.45) is 0 Å². The highest BCUT2D eigenvalue weighted by Crippen LogP contribution is 2.21. The molecule has 3 aromatic carbocycles. The first-order valence-electron chi connectivity index (χ1n) is 9.28. The normalized spacial score (nSPS) is 11.8. The molecule has 0 aliphatic heterocycles. The molecule has 3 aromatic rings. The topological polar surface area (TPSA) is 84.2 Å². The fraction of sp³-hybridized carbons (Fsp3) is 0.0833. The molecule has 0 spiro atoms. The third-order valence-electron chi connectivity index (χ3n) is 4.41. The monoisotopic (exact) mass is 385 g/mol.